The Morgan fingerprint density at radius 3 is 2.69 bits per heavy atom. The van der Waals surface area contributed by atoms with Crippen LogP contribution in [-0.2, 0) is 4.79 Å². The predicted molar refractivity (Wildman–Crippen MR) is 52.7 cm³/mol. The SMILES string of the molecule is CC(C)[C@@H]1C(=O)Nc2ccccc21. The minimum absolute atomic E-state index is 0.0381. The van der Waals surface area contributed by atoms with Crippen molar-refractivity contribution in [3.63, 3.8) is 0 Å². The van der Waals surface area contributed by atoms with Crippen LogP contribution in [0.5, 0.6) is 0 Å². The summed E-state index contributed by atoms with van der Waals surface area (Å²) in [5.41, 5.74) is 2.12. The van der Waals surface area contributed by atoms with E-state index in [1.165, 1.54) is 0 Å². The van der Waals surface area contributed by atoms with Gasteiger partial charge in [0.15, 0.2) is 0 Å². The van der Waals surface area contributed by atoms with Crippen LogP contribution < -0.4 is 5.32 Å². The lowest BCUT2D eigenvalue weighted by molar-refractivity contribution is -0.117. The number of fused-ring (bicyclic) bond motifs is 1. The van der Waals surface area contributed by atoms with Gasteiger partial charge in [0, 0.05) is 5.69 Å². The van der Waals surface area contributed by atoms with Gasteiger partial charge >= 0.3 is 0 Å². The van der Waals surface area contributed by atoms with Gasteiger partial charge in [0.2, 0.25) is 5.91 Å². The average Bonchev–Trinajstić information content (AvgIpc) is 2.39. The number of carbonyl (C=O) groups is 1. The van der Waals surface area contributed by atoms with Crippen LogP contribution >= 0.6 is 0 Å². The number of benzene rings is 1. The molecule has 13 heavy (non-hydrogen) atoms. The highest BCUT2D eigenvalue weighted by atomic mass is 16.2. The maximum atomic E-state index is 11.6. The molecule has 1 amide bonds. The van der Waals surface area contributed by atoms with Gasteiger partial charge in [-0.15, -0.1) is 0 Å². The van der Waals surface area contributed by atoms with E-state index in [0.29, 0.717) is 5.92 Å². The third kappa shape index (κ3) is 1.22. The molecule has 1 aromatic rings. The lowest BCUT2D eigenvalue weighted by Gasteiger charge is -2.11. The van der Waals surface area contributed by atoms with Gasteiger partial charge in [-0.2, -0.15) is 0 Å². The van der Waals surface area contributed by atoms with Crippen molar-refractivity contribution in [1.82, 2.24) is 0 Å². The molecule has 0 fully saturated rings. The molecule has 0 spiro atoms. The summed E-state index contributed by atoms with van der Waals surface area (Å²) in [7, 11) is 0. The first-order valence-corrected chi connectivity index (χ1v) is 4.60. The van der Waals surface area contributed by atoms with Crippen molar-refractivity contribution in [1.29, 1.82) is 0 Å². The lowest BCUT2D eigenvalue weighted by Crippen LogP contribution is -2.16. The highest BCUT2D eigenvalue weighted by Crippen LogP contribution is 2.36. The molecule has 1 aromatic carbocycles. The van der Waals surface area contributed by atoms with E-state index in [1.54, 1.807) is 0 Å². The molecule has 0 saturated heterocycles. The largest absolute Gasteiger partial charge is 0.325 e. The van der Waals surface area contributed by atoms with E-state index in [0.717, 1.165) is 11.3 Å². The van der Waals surface area contributed by atoms with Gasteiger partial charge in [-0.05, 0) is 17.5 Å². The summed E-state index contributed by atoms with van der Waals surface area (Å²) in [5, 5.41) is 2.89. The predicted octanol–water partition coefficient (Wildman–Crippen LogP) is 2.38. The monoisotopic (exact) mass is 175 g/mol. The zero-order valence-corrected chi connectivity index (χ0v) is 7.87. The van der Waals surface area contributed by atoms with Crippen molar-refractivity contribution in [3.8, 4) is 0 Å². The molecule has 2 nitrogen and oxygen atoms in total. The number of hydrogen-bond acceptors (Lipinski definition) is 1. The van der Waals surface area contributed by atoms with Crippen LogP contribution in [-0.4, -0.2) is 5.91 Å². The van der Waals surface area contributed by atoms with Crippen LogP contribution in [0.1, 0.15) is 25.3 Å². The summed E-state index contributed by atoms with van der Waals surface area (Å²) in [6, 6.07) is 7.91. The molecule has 0 aromatic heterocycles. The van der Waals surface area contributed by atoms with Crippen molar-refractivity contribution >= 4 is 11.6 Å². The molecule has 0 unspecified atom stereocenters. The molecule has 1 heterocycles. The topological polar surface area (TPSA) is 29.1 Å². The van der Waals surface area contributed by atoms with E-state index in [1.807, 2.05) is 24.3 Å². The maximum Gasteiger partial charge on any atom is 0.232 e. The number of anilines is 1. The highest BCUT2D eigenvalue weighted by Gasteiger charge is 2.31. The van der Waals surface area contributed by atoms with E-state index in [4.69, 9.17) is 0 Å². The van der Waals surface area contributed by atoms with Gasteiger partial charge in [0.1, 0.15) is 0 Å². The Morgan fingerprint density at radius 2 is 2.00 bits per heavy atom. The molecule has 1 aliphatic heterocycles. The van der Waals surface area contributed by atoms with E-state index in [9.17, 15) is 4.79 Å². The molecule has 0 bridgehead atoms. The number of nitrogens with one attached hydrogen (secondary N) is 1. The van der Waals surface area contributed by atoms with Gasteiger partial charge in [-0.3, -0.25) is 4.79 Å². The van der Waals surface area contributed by atoms with Crippen LogP contribution in [0, 0.1) is 5.92 Å². The van der Waals surface area contributed by atoms with Crippen LogP contribution in [0.25, 0.3) is 0 Å². The molecule has 2 rings (SSSR count). The molecule has 1 aliphatic rings. The van der Waals surface area contributed by atoms with E-state index < -0.39 is 0 Å². The smallest absolute Gasteiger partial charge is 0.232 e. The van der Waals surface area contributed by atoms with E-state index in [-0.39, 0.29) is 11.8 Å². The lowest BCUT2D eigenvalue weighted by atomic mass is 9.90. The Morgan fingerprint density at radius 1 is 1.31 bits per heavy atom. The first kappa shape index (κ1) is 8.30. The Labute approximate surface area is 78.0 Å². The second-order valence-electron chi connectivity index (χ2n) is 3.80. The van der Waals surface area contributed by atoms with Gasteiger partial charge in [-0.25, -0.2) is 0 Å². The number of carbonyl (C=O) groups excluding carboxylic acids is 1. The first-order valence-electron chi connectivity index (χ1n) is 4.60. The van der Waals surface area contributed by atoms with Crippen molar-refractivity contribution in [2.45, 2.75) is 19.8 Å². The van der Waals surface area contributed by atoms with Crippen LogP contribution in [0.2, 0.25) is 0 Å². The zero-order valence-electron chi connectivity index (χ0n) is 7.87. The minimum atomic E-state index is 0.0381. The molecule has 2 heteroatoms. The zero-order chi connectivity index (χ0) is 9.42. The fourth-order valence-electron chi connectivity index (χ4n) is 1.90. The summed E-state index contributed by atoms with van der Waals surface area (Å²) in [5.74, 6) is 0.538. The van der Waals surface area contributed by atoms with Gasteiger partial charge < -0.3 is 5.32 Å². The normalized spacial score (nSPS) is 20.2. The third-order valence-electron chi connectivity index (χ3n) is 2.50. The van der Waals surface area contributed by atoms with E-state index in [2.05, 4.69) is 19.2 Å². The average molecular weight is 175 g/mol. The molecular formula is C11H13NO. The summed E-state index contributed by atoms with van der Waals surface area (Å²) in [4.78, 5) is 11.6. The van der Waals surface area contributed by atoms with Crippen LogP contribution in [0.3, 0.4) is 0 Å². The maximum absolute atomic E-state index is 11.6. The molecule has 0 radical (unpaired) electrons. The Bertz CT molecular complexity index is 344. The number of hydrogen-bond donors (Lipinski definition) is 1. The van der Waals surface area contributed by atoms with Gasteiger partial charge in [0.05, 0.1) is 5.92 Å². The summed E-state index contributed by atoms with van der Waals surface area (Å²) in [6.45, 7) is 4.15. The summed E-state index contributed by atoms with van der Waals surface area (Å²) in [6.07, 6.45) is 0. The highest BCUT2D eigenvalue weighted by molar-refractivity contribution is 6.02. The second-order valence-corrected chi connectivity index (χ2v) is 3.80. The Kier molecular flexibility index (Phi) is 1.83. The minimum Gasteiger partial charge on any atom is -0.325 e. The summed E-state index contributed by atoms with van der Waals surface area (Å²) >= 11 is 0. The molecule has 1 atom stereocenters. The first-order chi connectivity index (χ1) is 6.20. The fraction of sp³-hybridized carbons (Fsp3) is 0.364. The molecular weight excluding hydrogens is 162 g/mol. The van der Waals surface area contributed by atoms with Crippen molar-refractivity contribution in [3.05, 3.63) is 29.8 Å². The van der Waals surface area contributed by atoms with Crippen molar-refractivity contribution in [2.24, 2.45) is 5.92 Å². The van der Waals surface area contributed by atoms with Crippen LogP contribution in [0.15, 0.2) is 24.3 Å². The Balaban J connectivity index is 2.46. The van der Waals surface area contributed by atoms with E-state index >= 15 is 0 Å². The standard InChI is InChI=1S/C11H13NO/c1-7(2)10-8-5-3-4-6-9(8)12-11(10)13/h3-7,10H,1-2H3,(H,12,13)/t10-/m0/s1. The molecule has 0 aliphatic carbocycles. The second kappa shape index (κ2) is 2.87. The number of amides is 1. The quantitative estimate of drug-likeness (QED) is 0.697. The Hall–Kier alpha value is -1.31. The summed E-state index contributed by atoms with van der Waals surface area (Å²) < 4.78 is 0. The molecule has 68 valence electrons. The molecule has 1 N–H and O–H groups in total. The molecule has 0 saturated carbocycles. The van der Waals surface area contributed by atoms with Crippen LogP contribution in [0.4, 0.5) is 5.69 Å². The fourth-order valence-corrected chi connectivity index (χ4v) is 1.90. The third-order valence-corrected chi connectivity index (χ3v) is 2.50. The van der Waals surface area contributed by atoms with Gasteiger partial charge in [-0.1, -0.05) is 32.0 Å². The number of para-hydroxylation sites is 1. The van der Waals surface area contributed by atoms with Crippen molar-refractivity contribution in [2.75, 3.05) is 5.32 Å². The van der Waals surface area contributed by atoms with Crippen molar-refractivity contribution < 1.29 is 4.79 Å². The van der Waals surface area contributed by atoms with Gasteiger partial charge in [0.25, 0.3) is 0 Å². The number of rotatable bonds is 1.